The van der Waals surface area contributed by atoms with Gasteiger partial charge in [0.15, 0.2) is 0 Å². The molecule has 0 spiro atoms. The molecule has 0 atom stereocenters. The highest BCUT2D eigenvalue weighted by Crippen LogP contribution is 2.23. The van der Waals surface area contributed by atoms with Gasteiger partial charge in [0.1, 0.15) is 6.54 Å². The van der Waals surface area contributed by atoms with Crippen molar-refractivity contribution in [3.05, 3.63) is 63.9 Å². The molecule has 28 heavy (non-hydrogen) atoms. The molecule has 1 aliphatic rings. The Morgan fingerprint density at radius 1 is 1.14 bits per heavy atom. The summed E-state index contributed by atoms with van der Waals surface area (Å²) in [5.41, 5.74) is 1.52. The van der Waals surface area contributed by atoms with E-state index in [4.69, 9.17) is 23.2 Å². The molecule has 1 aromatic heterocycles. The van der Waals surface area contributed by atoms with E-state index in [1.807, 2.05) is 12.1 Å². The number of benzene rings is 1. The molecule has 146 valence electrons. The summed E-state index contributed by atoms with van der Waals surface area (Å²) in [5, 5.41) is 3.05. The van der Waals surface area contributed by atoms with Crippen LogP contribution < -0.4 is 5.32 Å². The number of urea groups is 1. The quantitative estimate of drug-likeness (QED) is 0.778. The lowest BCUT2D eigenvalue weighted by molar-refractivity contribution is -0.134. The number of nitrogens with one attached hydrogen (secondary N) is 1. The number of carbonyl (C=O) groups is 3. The van der Waals surface area contributed by atoms with Gasteiger partial charge in [0.25, 0.3) is 0 Å². The Morgan fingerprint density at radius 2 is 1.96 bits per heavy atom. The van der Waals surface area contributed by atoms with Crippen molar-refractivity contribution >= 4 is 41.0 Å². The van der Waals surface area contributed by atoms with E-state index in [2.05, 4.69) is 10.3 Å². The van der Waals surface area contributed by atoms with Crippen LogP contribution in [0.3, 0.4) is 0 Å². The molecule has 1 aromatic carbocycles. The Kier molecular flexibility index (Phi) is 6.49. The molecule has 0 bridgehead atoms. The molecule has 7 nitrogen and oxygen atoms in total. The first-order valence-electron chi connectivity index (χ1n) is 8.63. The van der Waals surface area contributed by atoms with Crippen LogP contribution in [0.25, 0.3) is 0 Å². The number of hydrogen-bond acceptors (Lipinski definition) is 4. The summed E-state index contributed by atoms with van der Waals surface area (Å²) in [5.74, 6) is -0.601. The Balaban J connectivity index is 1.76. The summed E-state index contributed by atoms with van der Waals surface area (Å²) >= 11 is 12.0. The van der Waals surface area contributed by atoms with E-state index < -0.39 is 6.03 Å². The van der Waals surface area contributed by atoms with Gasteiger partial charge in [-0.15, -0.1) is 0 Å². The fraction of sp³-hybridized carbons (Fsp3) is 0.263. The van der Waals surface area contributed by atoms with Gasteiger partial charge in [0, 0.05) is 25.7 Å². The molecule has 4 amide bonds. The van der Waals surface area contributed by atoms with Crippen LogP contribution in [0.1, 0.15) is 17.7 Å². The number of aromatic nitrogens is 1. The number of nitrogens with zero attached hydrogens (tertiary/aromatic N) is 3. The van der Waals surface area contributed by atoms with Crippen LogP contribution in [0.2, 0.25) is 10.0 Å². The normalized spacial score (nSPS) is 14.0. The minimum Gasteiger partial charge on any atom is -0.331 e. The van der Waals surface area contributed by atoms with Crippen molar-refractivity contribution in [1.29, 1.82) is 0 Å². The molecule has 0 radical (unpaired) electrons. The van der Waals surface area contributed by atoms with Gasteiger partial charge in [-0.25, -0.2) is 4.79 Å². The van der Waals surface area contributed by atoms with Crippen molar-refractivity contribution < 1.29 is 14.4 Å². The maximum absolute atomic E-state index is 12.9. The Hall–Kier alpha value is -2.64. The molecule has 1 saturated heterocycles. The van der Waals surface area contributed by atoms with Gasteiger partial charge >= 0.3 is 6.03 Å². The van der Waals surface area contributed by atoms with E-state index in [-0.39, 0.29) is 44.4 Å². The second kappa shape index (κ2) is 9.03. The van der Waals surface area contributed by atoms with Crippen LogP contribution in [-0.2, 0) is 22.7 Å². The number of amides is 4. The topological polar surface area (TPSA) is 82.6 Å². The van der Waals surface area contributed by atoms with Crippen LogP contribution in [0.15, 0.2) is 42.6 Å². The lowest BCUT2D eigenvalue weighted by atomic mass is 10.2. The van der Waals surface area contributed by atoms with Crippen molar-refractivity contribution in [2.75, 3.05) is 13.1 Å². The van der Waals surface area contributed by atoms with Crippen molar-refractivity contribution in [2.45, 2.75) is 19.5 Å². The smallest absolute Gasteiger partial charge is 0.324 e. The molecule has 0 aliphatic carbocycles. The summed E-state index contributed by atoms with van der Waals surface area (Å²) in [4.78, 5) is 43.3. The van der Waals surface area contributed by atoms with Gasteiger partial charge in [0.2, 0.25) is 11.8 Å². The van der Waals surface area contributed by atoms with Gasteiger partial charge in [-0.1, -0.05) is 35.3 Å². The number of rotatable bonds is 6. The third-order valence-corrected chi connectivity index (χ3v) is 5.00. The van der Waals surface area contributed by atoms with Crippen LogP contribution in [0, 0.1) is 0 Å². The maximum Gasteiger partial charge on any atom is 0.324 e. The lowest BCUT2D eigenvalue weighted by Gasteiger charge is -2.29. The first-order valence-corrected chi connectivity index (χ1v) is 9.38. The SMILES string of the molecule is O=C1CCN(CC(=O)N(Cc2ccc(Cl)c(Cl)c2)Cc2ccccn2)C(=O)N1. The summed E-state index contributed by atoms with van der Waals surface area (Å²) in [6.45, 7) is 0.628. The standard InChI is InChI=1S/C19H18Cl2N4O3/c20-15-5-4-13(9-16(15)21)10-25(11-14-3-1-2-7-22-14)18(27)12-24-8-6-17(26)23-19(24)28/h1-5,7,9H,6,8,10-12H2,(H,23,26,28). The summed E-state index contributed by atoms with van der Waals surface area (Å²) in [6.07, 6.45) is 1.83. The zero-order valence-electron chi connectivity index (χ0n) is 14.9. The van der Waals surface area contributed by atoms with Crippen LogP contribution >= 0.6 is 23.2 Å². The number of hydrogen-bond donors (Lipinski definition) is 1. The van der Waals surface area contributed by atoms with E-state index in [1.165, 1.54) is 4.90 Å². The fourth-order valence-electron chi connectivity index (χ4n) is 2.79. The van der Waals surface area contributed by atoms with E-state index in [0.29, 0.717) is 15.7 Å². The maximum atomic E-state index is 12.9. The van der Waals surface area contributed by atoms with Crippen molar-refractivity contribution in [1.82, 2.24) is 20.1 Å². The summed E-state index contributed by atoms with van der Waals surface area (Å²) < 4.78 is 0. The zero-order valence-corrected chi connectivity index (χ0v) is 16.4. The van der Waals surface area contributed by atoms with Crippen LogP contribution in [0.5, 0.6) is 0 Å². The molecule has 1 fully saturated rings. The number of pyridine rings is 1. The number of halogens is 2. The summed E-state index contributed by atoms with van der Waals surface area (Å²) in [7, 11) is 0. The van der Waals surface area contributed by atoms with Gasteiger partial charge in [-0.2, -0.15) is 0 Å². The van der Waals surface area contributed by atoms with Gasteiger partial charge in [-0.05, 0) is 29.8 Å². The second-order valence-electron chi connectivity index (χ2n) is 6.34. The predicted molar refractivity (Wildman–Crippen MR) is 105 cm³/mol. The highest BCUT2D eigenvalue weighted by atomic mass is 35.5. The molecule has 9 heteroatoms. The molecular weight excluding hydrogens is 403 g/mol. The highest BCUT2D eigenvalue weighted by molar-refractivity contribution is 6.42. The van der Waals surface area contributed by atoms with E-state index in [0.717, 1.165) is 5.56 Å². The summed E-state index contributed by atoms with van der Waals surface area (Å²) in [6, 6.07) is 10.1. The van der Waals surface area contributed by atoms with Crippen LogP contribution in [0.4, 0.5) is 4.79 Å². The molecule has 3 rings (SSSR count). The first-order chi connectivity index (χ1) is 13.4. The number of imide groups is 1. The molecule has 1 aliphatic heterocycles. The second-order valence-corrected chi connectivity index (χ2v) is 7.16. The van der Waals surface area contributed by atoms with Gasteiger partial charge in [0.05, 0.1) is 22.3 Å². The molecular formula is C19H18Cl2N4O3. The molecule has 2 heterocycles. The Bertz CT molecular complexity index is 892. The average Bonchev–Trinajstić information content (AvgIpc) is 2.67. The zero-order chi connectivity index (χ0) is 20.1. The largest absolute Gasteiger partial charge is 0.331 e. The van der Waals surface area contributed by atoms with Gasteiger partial charge < -0.3 is 9.80 Å². The minimum absolute atomic E-state index is 0.132. The molecule has 0 unspecified atom stereocenters. The third-order valence-electron chi connectivity index (χ3n) is 4.26. The molecule has 2 aromatic rings. The molecule has 0 saturated carbocycles. The Labute approximate surface area is 172 Å². The third kappa shape index (κ3) is 5.21. The van der Waals surface area contributed by atoms with E-state index in [9.17, 15) is 14.4 Å². The first kappa shape index (κ1) is 20.1. The lowest BCUT2D eigenvalue weighted by Crippen LogP contribution is -2.52. The monoisotopic (exact) mass is 420 g/mol. The van der Waals surface area contributed by atoms with Crippen molar-refractivity contribution in [3.63, 3.8) is 0 Å². The van der Waals surface area contributed by atoms with Gasteiger partial charge in [-0.3, -0.25) is 19.9 Å². The average molecular weight is 421 g/mol. The number of carbonyl (C=O) groups excluding carboxylic acids is 3. The fourth-order valence-corrected chi connectivity index (χ4v) is 3.11. The van der Waals surface area contributed by atoms with Crippen molar-refractivity contribution in [2.24, 2.45) is 0 Å². The minimum atomic E-state index is -0.558. The highest BCUT2D eigenvalue weighted by Gasteiger charge is 2.27. The molecule has 1 N–H and O–H groups in total. The van der Waals surface area contributed by atoms with Crippen molar-refractivity contribution in [3.8, 4) is 0 Å². The van der Waals surface area contributed by atoms with E-state index >= 15 is 0 Å². The van der Waals surface area contributed by atoms with E-state index in [1.54, 1.807) is 35.4 Å². The Morgan fingerprint density at radius 3 is 2.64 bits per heavy atom. The van der Waals surface area contributed by atoms with Crippen LogP contribution in [-0.4, -0.2) is 45.7 Å². The predicted octanol–water partition coefficient (Wildman–Crippen LogP) is 2.86.